The fourth-order valence-electron chi connectivity index (χ4n) is 3.10. The highest BCUT2D eigenvalue weighted by atomic mass is 16.2. The zero-order valence-electron chi connectivity index (χ0n) is 16.2. The Hall–Kier alpha value is -2.89. The van der Waals surface area contributed by atoms with Crippen LogP contribution < -0.4 is 10.6 Å². The second-order valence-electron chi connectivity index (χ2n) is 6.65. The van der Waals surface area contributed by atoms with Crippen LogP contribution in [0.4, 0.5) is 10.5 Å². The van der Waals surface area contributed by atoms with Gasteiger partial charge in [0.2, 0.25) is 0 Å². The third-order valence-corrected chi connectivity index (χ3v) is 4.51. The van der Waals surface area contributed by atoms with Gasteiger partial charge in [0.25, 0.3) is 0 Å². The van der Waals surface area contributed by atoms with E-state index in [2.05, 4.69) is 34.3 Å². The summed E-state index contributed by atoms with van der Waals surface area (Å²) in [7, 11) is 0. The monoisotopic (exact) mass is 365 g/mol. The molecule has 3 aromatic rings. The number of fused-ring (bicyclic) bond motifs is 1. The van der Waals surface area contributed by atoms with Crippen LogP contribution in [0.25, 0.3) is 11.2 Å². The molecule has 0 aliphatic rings. The van der Waals surface area contributed by atoms with Gasteiger partial charge in [0.1, 0.15) is 11.3 Å². The molecule has 27 heavy (non-hydrogen) atoms. The van der Waals surface area contributed by atoms with Gasteiger partial charge in [0.05, 0.1) is 17.9 Å². The first-order valence-corrected chi connectivity index (χ1v) is 9.57. The molecule has 0 spiro atoms. The van der Waals surface area contributed by atoms with Crippen LogP contribution in [-0.4, -0.2) is 27.1 Å². The maximum Gasteiger partial charge on any atom is 0.319 e. The van der Waals surface area contributed by atoms with Gasteiger partial charge < -0.3 is 15.2 Å². The summed E-state index contributed by atoms with van der Waals surface area (Å²) in [5.74, 6) is 1.04. The summed E-state index contributed by atoms with van der Waals surface area (Å²) < 4.78 is 2.20. The highest BCUT2D eigenvalue weighted by Gasteiger charge is 2.15. The number of carbonyl (C=O) groups excluding carboxylic acids is 1. The first-order valence-electron chi connectivity index (χ1n) is 9.57. The lowest BCUT2D eigenvalue weighted by molar-refractivity contribution is 0.252. The fourth-order valence-corrected chi connectivity index (χ4v) is 3.10. The van der Waals surface area contributed by atoms with Gasteiger partial charge in [-0.05, 0) is 31.9 Å². The molecule has 6 nitrogen and oxygen atoms in total. The number of carbonyl (C=O) groups is 1. The molecule has 0 atom stereocenters. The van der Waals surface area contributed by atoms with E-state index in [1.165, 1.54) is 5.56 Å². The number of aromatic nitrogens is 3. The normalized spacial score (nSPS) is 10.9. The van der Waals surface area contributed by atoms with Gasteiger partial charge in [-0.3, -0.25) is 0 Å². The summed E-state index contributed by atoms with van der Waals surface area (Å²) in [6.07, 6.45) is 3.12. The first kappa shape index (κ1) is 18.9. The molecule has 2 N–H and O–H groups in total. The smallest absolute Gasteiger partial charge is 0.319 e. The molecule has 0 saturated carbocycles. The van der Waals surface area contributed by atoms with Gasteiger partial charge >= 0.3 is 6.03 Å². The molecule has 1 aromatic carbocycles. The van der Waals surface area contributed by atoms with Crippen molar-refractivity contribution in [3.05, 3.63) is 53.5 Å². The number of pyridine rings is 1. The van der Waals surface area contributed by atoms with Crippen molar-refractivity contribution in [1.82, 2.24) is 19.9 Å². The van der Waals surface area contributed by atoms with Crippen molar-refractivity contribution in [1.29, 1.82) is 0 Å². The largest absolute Gasteiger partial charge is 0.338 e. The Labute approximate surface area is 160 Å². The first-order chi connectivity index (χ1) is 13.1. The van der Waals surface area contributed by atoms with Crippen molar-refractivity contribution >= 4 is 22.9 Å². The molecular weight excluding hydrogens is 338 g/mol. The Morgan fingerprint density at radius 1 is 1.15 bits per heavy atom. The summed E-state index contributed by atoms with van der Waals surface area (Å²) in [6.45, 7) is 7.30. The van der Waals surface area contributed by atoms with Crippen LogP contribution in [0.1, 0.15) is 43.8 Å². The average molecular weight is 365 g/mol. The molecule has 0 saturated heterocycles. The summed E-state index contributed by atoms with van der Waals surface area (Å²) in [5, 5.41) is 5.61. The van der Waals surface area contributed by atoms with Gasteiger partial charge in [-0.25, -0.2) is 14.8 Å². The number of hydrogen-bond acceptors (Lipinski definition) is 3. The van der Waals surface area contributed by atoms with E-state index in [-0.39, 0.29) is 6.03 Å². The summed E-state index contributed by atoms with van der Waals surface area (Å²) in [4.78, 5) is 21.5. The number of nitrogens with zero attached hydrogens (tertiary/aromatic N) is 3. The molecule has 0 unspecified atom stereocenters. The third kappa shape index (κ3) is 4.45. The van der Waals surface area contributed by atoms with E-state index in [0.717, 1.165) is 48.5 Å². The van der Waals surface area contributed by atoms with Crippen LogP contribution in [0.3, 0.4) is 0 Å². The number of anilines is 1. The lowest BCUT2D eigenvalue weighted by atomic mass is 10.2. The number of nitrogens with one attached hydrogen (secondary N) is 2. The quantitative estimate of drug-likeness (QED) is 0.657. The van der Waals surface area contributed by atoms with Crippen LogP contribution >= 0.6 is 0 Å². The minimum absolute atomic E-state index is 0.225. The van der Waals surface area contributed by atoms with E-state index < -0.39 is 0 Å². The van der Waals surface area contributed by atoms with Gasteiger partial charge in [0.15, 0.2) is 5.65 Å². The SMILES string of the molecule is CCCCc1nc2cc(NC(=O)NCC)c(C)nc2n1Cc1ccccc1. The van der Waals surface area contributed by atoms with Crippen LogP contribution in [0.5, 0.6) is 0 Å². The maximum atomic E-state index is 11.9. The number of hydrogen-bond donors (Lipinski definition) is 2. The number of imidazole rings is 1. The maximum absolute atomic E-state index is 11.9. The van der Waals surface area contributed by atoms with Crippen molar-refractivity contribution < 1.29 is 4.79 Å². The number of rotatable bonds is 7. The van der Waals surface area contributed by atoms with E-state index in [0.29, 0.717) is 12.2 Å². The molecule has 0 aliphatic carbocycles. The molecule has 2 aromatic heterocycles. The zero-order chi connectivity index (χ0) is 19.2. The molecule has 0 fully saturated rings. The van der Waals surface area contributed by atoms with Crippen molar-refractivity contribution in [3.63, 3.8) is 0 Å². The highest BCUT2D eigenvalue weighted by Crippen LogP contribution is 2.23. The molecule has 6 heteroatoms. The molecule has 0 aliphatic heterocycles. The third-order valence-electron chi connectivity index (χ3n) is 4.51. The van der Waals surface area contributed by atoms with Crippen LogP contribution in [0.15, 0.2) is 36.4 Å². The van der Waals surface area contributed by atoms with E-state index in [1.54, 1.807) is 0 Å². The van der Waals surface area contributed by atoms with Crippen molar-refractivity contribution in [3.8, 4) is 0 Å². The molecule has 3 rings (SSSR count). The topological polar surface area (TPSA) is 71.8 Å². The number of aryl methyl sites for hydroxylation is 2. The van der Waals surface area contributed by atoms with Crippen molar-refractivity contribution in [2.75, 3.05) is 11.9 Å². The second-order valence-corrected chi connectivity index (χ2v) is 6.65. The van der Waals surface area contributed by atoms with Crippen molar-refractivity contribution in [2.24, 2.45) is 0 Å². The fraction of sp³-hybridized carbons (Fsp3) is 0.381. The lowest BCUT2D eigenvalue weighted by Crippen LogP contribution is -2.28. The van der Waals surface area contributed by atoms with Gasteiger partial charge in [-0.1, -0.05) is 43.7 Å². The highest BCUT2D eigenvalue weighted by molar-refractivity contribution is 5.92. The van der Waals surface area contributed by atoms with E-state index >= 15 is 0 Å². The van der Waals surface area contributed by atoms with E-state index in [4.69, 9.17) is 9.97 Å². The zero-order valence-corrected chi connectivity index (χ0v) is 16.2. The Kier molecular flexibility index (Phi) is 6.06. The standard InChI is InChI=1S/C21H27N5O/c1-4-6-12-19-24-18-13-17(25-21(27)22-5-2)15(3)23-20(18)26(19)14-16-10-8-7-9-11-16/h7-11,13H,4-6,12,14H2,1-3H3,(H2,22,25,27). The molecule has 2 amide bonds. The minimum Gasteiger partial charge on any atom is -0.338 e. The summed E-state index contributed by atoms with van der Waals surface area (Å²) in [5.41, 5.74) is 4.38. The van der Waals surface area contributed by atoms with E-state index in [1.807, 2.05) is 38.1 Å². The summed E-state index contributed by atoms with van der Waals surface area (Å²) >= 11 is 0. The molecular formula is C21H27N5O. The Morgan fingerprint density at radius 2 is 1.93 bits per heavy atom. The van der Waals surface area contributed by atoms with Crippen LogP contribution in [0, 0.1) is 6.92 Å². The number of benzene rings is 1. The van der Waals surface area contributed by atoms with Crippen molar-refractivity contribution in [2.45, 2.75) is 46.6 Å². The predicted octanol–water partition coefficient (Wildman–Crippen LogP) is 4.27. The van der Waals surface area contributed by atoms with Gasteiger partial charge in [0, 0.05) is 13.0 Å². The Bertz CT molecular complexity index is 917. The molecule has 2 heterocycles. The number of amides is 2. The van der Waals surface area contributed by atoms with Gasteiger partial charge in [-0.2, -0.15) is 0 Å². The van der Waals surface area contributed by atoms with Crippen LogP contribution in [-0.2, 0) is 13.0 Å². The Balaban J connectivity index is 2.00. The molecule has 0 bridgehead atoms. The summed E-state index contributed by atoms with van der Waals surface area (Å²) in [6, 6.07) is 12.1. The number of unbranched alkanes of at least 4 members (excludes halogenated alkanes) is 1. The predicted molar refractivity (Wildman–Crippen MR) is 109 cm³/mol. The van der Waals surface area contributed by atoms with Crippen LogP contribution in [0.2, 0.25) is 0 Å². The number of urea groups is 1. The van der Waals surface area contributed by atoms with Gasteiger partial charge in [-0.15, -0.1) is 0 Å². The molecule has 0 radical (unpaired) electrons. The lowest BCUT2D eigenvalue weighted by Gasteiger charge is -2.11. The Morgan fingerprint density at radius 3 is 2.63 bits per heavy atom. The second kappa shape index (κ2) is 8.66. The average Bonchev–Trinajstić information content (AvgIpc) is 2.98. The minimum atomic E-state index is -0.225. The van der Waals surface area contributed by atoms with E-state index in [9.17, 15) is 4.79 Å². The molecule has 142 valence electrons.